The molecule has 1 aromatic carbocycles. The van der Waals surface area contributed by atoms with Gasteiger partial charge in [-0.3, -0.25) is 0 Å². The first kappa shape index (κ1) is 21.5. The molecule has 8 heteroatoms. The van der Waals surface area contributed by atoms with Gasteiger partial charge in [-0.2, -0.15) is 0 Å². The predicted molar refractivity (Wildman–Crippen MR) is 117 cm³/mol. The molecule has 1 fully saturated rings. The lowest BCUT2D eigenvalue weighted by Gasteiger charge is -2.41. The highest BCUT2D eigenvalue weighted by atomic mass is 19.1. The third-order valence-corrected chi connectivity index (χ3v) is 5.69. The molecule has 0 atom stereocenters. The lowest BCUT2D eigenvalue weighted by Crippen LogP contribution is -2.52. The highest BCUT2D eigenvalue weighted by Gasteiger charge is 2.43. The lowest BCUT2D eigenvalue weighted by molar-refractivity contribution is -0.0592. The van der Waals surface area contributed by atoms with Crippen molar-refractivity contribution in [1.82, 2.24) is 15.2 Å². The van der Waals surface area contributed by atoms with E-state index in [0.717, 1.165) is 27.8 Å². The Morgan fingerprint density at radius 2 is 2.00 bits per heavy atom. The van der Waals surface area contributed by atoms with Gasteiger partial charge in [0, 0.05) is 11.4 Å². The summed E-state index contributed by atoms with van der Waals surface area (Å²) in [6.45, 7) is 10.3. The first-order valence-electron chi connectivity index (χ1n) is 10.6. The fourth-order valence-corrected chi connectivity index (χ4v) is 4.02. The summed E-state index contributed by atoms with van der Waals surface area (Å²) in [6, 6.07) is 6.13. The minimum Gasteiger partial charge on any atom is -0.494 e. The molecule has 0 unspecified atom stereocenters. The Bertz CT molecular complexity index is 1100. The molecule has 2 aromatic heterocycles. The molecule has 31 heavy (non-hydrogen) atoms. The van der Waals surface area contributed by atoms with Crippen LogP contribution in [0.1, 0.15) is 51.7 Å². The van der Waals surface area contributed by atoms with E-state index in [1.807, 2.05) is 32.0 Å². The minimum absolute atomic E-state index is 0.0928. The number of nitrogens with one attached hydrogen (secondary N) is 1. The Hall–Kier alpha value is -2.74. The third kappa shape index (κ3) is 4.21. The van der Waals surface area contributed by atoms with Crippen molar-refractivity contribution < 1.29 is 18.7 Å². The van der Waals surface area contributed by atoms with Crippen LogP contribution in [0.3, 0.4) is 0 Å². The zero-order chi connectivity index (χ0) is 22.4. The Morgan fingerprint density at radius 3 is 2.65 bits per heavy atom. The lowest BCUT2D eigenvalue weighted by atomic mass is 9.77. The van der Waals surface area contributed by atoms with Gasteiger partial charge in [-0.25, -0.2) is 9.37 Å². The third-order valence-electron chi connectivity index (χ3n) is 5.69. The first-order chi connectivity index (χ1) is 14.6. The summed E-state index contributed by atoms with van der Waals surface area (Å²) in [4.78, 5) is 4.87. The van der Waals surface area contributed by atoms with Gasteiger partial charge in [0.2, 0.25) is 0 Å². The van der Waals surface area contributed by atoms with Gasteiger partial charge in [0.15, 0.2) is 0 Å². The summed E-state index contributed by atoms with van der Waals surface area (Å²) in [5.74, 6) is 1.14. The number of aliphatic hydroxyl groups is 1. The van der Waals surface area contributed by atoms with Crippen LogP contribution in [0.5, 0.6) is 5.75 Å². The first-order valence-corrected chi connectivity index (χ1v) is 10.6. The molecule has 0 spiro atoms. The normalized spacial score (nSPS) is 21.2. The zero-order valence-electron chi connectivity index (χ0n) is 18.6. The van der Waals surface area contributed by atoms with Crippen LogP contribution in [0, 0.1) is 6.92 Å². The molecule has 1 aliphatic rings. The Balaban J connectivity index is 1.68. The molecule has 0 bridgehead atoms. The van der Waals surface area contributed by atoms with Crippen molar-refractivity contribution in [2.75, 3.05) is 18.6 Å². The number of aryl methyl sites for hydroxylation is 1. The molecule has 2 heterocycles. The summed E-state index contributed by atoms with van der Waals surface area (Å²) >= 11 is 0. The average molecular weight is 429 g/mol. The number of halogens is 1. The standard InChI is InChI=1S/C23H29FN4O3/c1-6-30-15-8-16-13(2)7-18(26-19(16)17(9-15)22(3,4)5)20-27-28-21(31-20)25-14-10-23(29,11-14)12-24/h7-9,14,29H,6,10-12H2,1-5H3,(H,25,28). The molecule has 0 radical (unpaired) electrons. The van der Waals surface area contributed by atoms with Crippen molar-refractivity contribution in [3.8, 4) is 17.3 Å². The number of hydrogen-bond donors (Lipinski definition) is 2. The van der Waals surface area contributed by atoms with E-state index in [4.69, 9.17) is 14.1 Å². The molecule has 0 amide bonds. The summed E-state index contributed by atoms with van der Waals surface area (Å²) in [6.07, 6.45) is 0.622. The number of fused-ring (bicyclic) bond motifs is 1. The number of aromatic nitrogens is 3. The van der Waals surface area contributed by atoms with Crippen LogP contribution in [0.2, 0.25) is 0 Å². The van der Waals surface area contributed by atoms with Crippen molar-refractivity contribution in [1.29, 1.82) is 0 Å². The van der Waals surface area contributed by atoms with Crippen LogP contribution < -0.4 is 10.1 Å². The van der Waals surface area contributed by atoms with Gasteiger partial charge in [-0.05, 0) is 61.4 Å². The van der Waals surface area contributed by atoms with Crippen LogP contribution in [0.15, 0.2) is 22.6 Å². The quantitative estimate of drug-likeness (QED) is 0.594. The smallest absolute Gasteiger partial charge is 0.316 e. The van der Waals surface area contributed by atoms with Crippen molar-refractivity contribution in [3.63, 3.8) is 0 Å². The average Bonchev–Trinajstić information content (AvgIpc) is 3.14. The second kappa shape index (κ2) is 7.75. The predicted octanol–water partition coefficient (Wildman–Crippen LogP) is 4.56. The molecule has 7 nitrogen and oxygen atoms in total. The Kier molecular flexibility index (Phi) is 5.37. The van der Waals surface area contributed by atoms with Crippen LogP contribution in [-0.2, 0) is 5.41 Å². The Morgan fingerprint density at radius 1 is 1.26 bits per heavy atom. The molecule has 0 saturated heterocycles. The molecule has 3 aromatic rings. The number of nitrogens with zero attached hydrogens (tertiary/aromatic N) is 3. The molecule has 166 valence electrons. The van der Waals surface area contributed by atoms with Crippen LogP contribution in [0.4, 0.5) is 10.4 Å². The molecular formula is C23H29FN4O3. The zero-order valence-corrected chi connectivity index (χ0v) is 18.6. The number of ether oxygens (including phenoxy) is 1. The number of alkyl halides is 1. The minimum atomic E-state index is -1.23. The largest absolute Gasteiger partial charge is 0.494 e. The fourth-order valence-electron chi connectivity index (χ4n) is 4.02. The van der Waals surface area contributed by atoms with Gasteiger partial charge in [0.1, 0.15) is 18.1 Å². The molecular weight excluding hydrogens is 399 g/mol. The molecule has 1 saturated carbocycles. The van der Waals surface area contributed by atoms with Crippen molar-refractivity contribution in [2.45, 2.75) is 64.5 Å². The second-order valence-electron chi connectivity index (χ2n) is 9.39. The van der Waals surface area contributed by atoms with Crippen LogP contribution in [0.25, 0.3) is 22.5 Å². The van der Waals surface area contributed by atoms with Gasteiger partial charge in [0.05, 0.1) is 17.7 Å². The van der Waals surface area contributed by atoms with Gasteiger partial charge in [0.25, 0.3) is 5.89 Å². The number of anilines is 1. The number of pyridine rings is 1. The summed E-state index contributed by atoms with van der Waals surface area (Å²) < 4.78 is 24.3. The SMILES string of the molecule is CCOc1cc(C(C)(C)C)c2nc(-c3nnc(NC4CC(O)(CF)C4)o3)cc(C)c2c1. The van der Waals surface area contributed by atoms with Crippen LogP contribution >= 0.6 is 0 Å². The molecule has 4 rings (SSSR count). The highest BCUT2D eigenvalue weighted by Crippen LogP contribution is 2.37. The van der Waals surface area contributed by atoms with Gasteiger partial charge < -0.3 is 19.6 Å². The molecule has 0 aliphatic heterocycles. The topological polar surface area (TPSA) is 93.3 Å². The van der Waals surface area contributed by atoms with E-state index >= 15 is 0 Å². The number of hydrogen-bond acceptors (Lipinski definition) is 7. The van der Waals surface area contributed by atoms with Gasteiger partial charge >= 0.3 is 6.01 Å². The maximum Gasteiger partial charge on any atom is 0.316 e. The van der Waals surface area contributed by atoms with Gasteiger partial charge in [-0.1, -0.05) is 25.9 Å². The van der Waals surface area contributed by atoms with E-state index in [9.17, 15) is 9.50 Å². The molecule has 2 N–H and O–H groups in total. The summed E-state index contributed by atoms with van der Waals surface area (Å²) in [7, 11) is 0. The van der Waals surface area contributed by atoms with Crippen molar-refractivity contribution >= 4 is 16.9 Å². The Labute approximate surface area is 181 Å². The summed E-state index contributed by atoms with van der Waals surface area (Å²) in [5, 5.41) is 22.1. The van der Waals surface area contributed by atoms with E-state index < -0.39 is 12.3 Å². The number of benzene rings is 1. The van der Waals surface area contributed by atoms with Crippen LogP contribution in [-0.4, -0.2) is 45.2 Å². The van der Waals surface area contributed by atoms with Crippen molar-refractivity contribution in [3.05, 3.63) is 29.3 Å². The van der Waals surface area contributed by atoms with E-state index in [1.54, 1.807) is 0 Å². The maximum atomic E-state index is 12.8. The fraction of sp³-hybridized carbons (Fsp3) is 0.522. The van der Waals surface area contributed by atoms with E-state index in [1.165, 1.54) is 0 Å². The summed E-state index contributed by atoms with van der Waals surface area (Å²) in [5.41, 5.74) is 2.21. The van der Waals surface area contributed by atoms with Crippen molar-refractivity contribution in [2.24, 2.45) is 0 Å². The van der Waals surface area contributed by atoms with Gasteiger partial charge in [-0.15, -0.1) is 5.10 Å². The van der Waals surface area contributed by atoms with E-state index in [2.05, 4.69) is 36.3 Å². The number of rotatable bonds is 6. The second-order valence-corrected chi connectivity index (χ2v) is 9.39. The molecule has 1 aliphatic carbocycles. The monoisotopic (exact) mass is 428 g/mol. The maximum absolute atomic E-state index is 12.8. The highest BCUT2D eigenvalue weighted by molar-refractivity contribution is 5.89. The van der Waals surface area contributed by atoms with E-state index in [-0.39, 0.29) is 17.5 Å². The van der Waals surface area contributed by atoms with E-state index in [0.29, 0.717) is 31.0 Å².